The molecule has 1 aromatic rings. The van der Waals surface area contributed by atoms with Crippen molar-refractivity contribution in [1.29, 1.82) is 0 Å². The van der Waals surface area contributed by atoms with Gasteiger partial charge in [0.2, 0.25) is 0 Å². The van der Waals surface area contributed by atoms with Gasteiger partial charge in [0.25, 0.3) is 0 Å². The average molecular weight is 255 g/mol. The van der Waals surface area contributed by atoms with Crippen LogP contribution in [-0.2, 0) is 27.6 Å². The highest BCUT2D eigenvalue weighted by molar-refractivity contribution is 7.90. The molecule has 0 bridgehead atoms. The Morgan fingerprint density at radius 2 is 1.82 bits per heavy atom. The van der Waals surface area contributed by atoms with Crippen molar-refractivity contribution in [2.45, 2.75) is 19.4 Å². The zero-order chi connectivity index (χ0) is 12.9. The average Bonchev–Trinajstić information content (AvgIpc) is 2.26. The van der Waals surface area contributed by atoms with E-state index < -0.39 is 9.84 Å². The van der Waals surface area contributed by atoms with Gasteiger partial charge in [0, 0.05) is 25.6 Å². The Balaban J connectivity index is 2.62. The van der Waals surface area contributed by atoms with Crippen molar-refractivity contribution in [2.24, 2.45) is 5.73 Å². The summed E-state index contributed by atoms with van der Waals surface area (Å²) in [5.74, 6) is -0.160. The van der Waals surface area contributed by atoms with Gasteiger partial charge >= 0.3 is 0 Å². The number of sulfone groups is 1. The van der Waals surface area contributed by atoms with Gasteiger partial charge in [-0.25, -0.2) is 8.42 Å². The summed E-state index contributed by atoms with van der Waals surface area (Å²) in [6.45, 7) is 0.384. The molecule has 17 heavy (non-hydrogen) atoms. The summed E-state index contributed by atoms with van der Waals surface area (Å²) < 4.78 is 21.9. The first kappa shape index (κ1) is 13.9. The molecule has 1 rings (SSSR count). The lowest BCUT2D eigenvalue weighted by Gasteiger charge is -2.06. The lowest BCUT2D eigenvalue weighted by Crippen LogP contribution is -2.12. The molecular weight excluding hydrogens is 238 g/mol. The highest BCUT2D eigenvalue weighted by Gasteiger charge is 2.10. The number of benzene rings is 1. The summed E-state index contributed by atoms with van der Waals surface area (Å²) in [5.41, 5.74) is 7.38. The number of ketones is 1. The van der Waals surface area contributed by atoms with E-state index in [1.807, 2.05) is 24.3 Å². The van der Waals surface area contributed by atoms with E-state index in [-0.39, 0.29) is 24.4 Å². The third-order valence-corrected chi connectivity index (χ3v) is 3.42. The molecule has 1 aromatic carbocycles. The van der Waals surface area contributed by atoms with Crippen LogP contribution in [0.15, 0.2) is 24.3 Å². The van der Waals surface area contributed by atoms with Crippen LogP contribution in [-0.4, -0.2) is 26.2 Å². The Kier molecular flexibility index (Phi) is 4.84. The Bertz CT molecular complexity index is 494. The topological polar surface area (TPSA) is 77.2 Å². The molecule has 0 saturated carbocycles. The molecule has 0 spiro atoms. The van der Waals surface area contributed by atoms with Gasteiger partial charge in [0.1, 0.15) is 15.6 Å². The van der Waals surface area contributed by atoms with Crippen molar-refractivity contribution in [3.8, 4) is 0 Å². The standard InChI is InChI=1S/C12H17NO3S/c1-17(15,16)7-6-12(14)8-10-4-2-3-5-11(10)9-13/h2-5H,6-9,13H2,1H3. The number of hydrogen-bond donors (Lipinski definition) is 1. The van der Waals surface area contributed by atoms with Gasteiger partial charge in [0.15, 0.2) is 0 Å². The second kappa shape index (κ2) is 5.93. The summed E-state index contributed by atoms with van der Waals surface area (Å²) >= 11 is 0. The first-order valence-corrected chi connectivity index (χ1v) is 7.44. The van der Waals surface area contributed by atoms with Crippen LogP contribution in [0, 0.1) is 0 Å². The van der Waals surface area contributed by atoms with Crippen molar-refractivity contribution in [1.82, 2.24) is 0 Å². The molecule has 0 aromatic heterocycles. The van der Waals surface area contributed by atoms with Crippen LogP contribution in [0.2, 0.25) is 0 Å². The van der Waals surface area contributed by atoms with Crippen LogP contribution in [0.5, 0.6) is 0 Å². The molecule has 0 unspecified atom stereocenters. The SMILES string of the molecule is CS(=O)(=O)CCC(=O)Cc1ccccc1CN. The van der Waals surface area contributed by atoms with E-state index in [0.717, 1.165) is 17.4 Å². The largest absolute Gasteiger partial charge is 0.326 e. The van der Waals surface area contributed by atoms with Crippen LogP contribution in [0.1, 0.15) is 17.5 Å². The molecule has 0 radical (unpaired) electrons. The number of carbonyl (C=O) groups is 1. The summed E-state index contributed by atoms with van der Waals surface area (Å²) in [7, 11) is -3.07. The minimum atomic E-state index is -3.07. The first-order valence-electron chi connectivity index (χ1n) is 5.38. The lowest BCUT2D eigenvalue weighted by molar-refractivity contribution is -0.118. The predicted molar refractivity (Wildman–Crippen MR) is 67.4 cm³/mol. The molecule has 4 nitrogen and oxygen atoms in total. The van der Waals surface area contributed by atoms with Crippen molar-refractivity contribution in [2.75, 3.05) is 12.0 Å². The Labute approximate surface area is 102 Å². The van der Waals surface area contributed by atoms with Gasteiger partial charge < -0.3 is 5.73 Å². The molecule has 94 valence electrons. The van der Waals surface area contributed by atoms with Crippen LogP contribution < -0.4 is 5.73 Å². The van der Waals surface area contributed by atoms with Crippen LogP contribution in [0.4, 0.5) is 0 Å². The van der Waals surface area contributed by atoms with Gasteiger partial charge in [-0.15, -0.1) is 0 Å². The van der Waals surface area contributed by atoms with Crippen LogP contribution >= 0.6 is 0 Å². The summed E-state index contributed by atoms with van der Waals surface area (Å²) in [4.78, 5) is 11.6. The first-order chi connectivity index (χ1) is 7.92. The van der Waals surface area contributed by atoms with E-state index in [1.165, 1.54) is 0 Å². The molecule has 0 saturated heterocycles. The summed E-state index contributed by atoms with van der Waals surface area (Å²) in [6, 6.07) is 7.44. The molecular formula is C12H17NO3S. The fraction of sp³-hybridized carbons (Fsp3) is 0.417. The Morgan fingerprint density at radius 3 is 2.35 bits per heavy atom. The van der Waals surface area contributed by atoms with Crippen LogP contribution in [0.25, 0.3) is 0 Å². The molecule has 0 atom stereocenters. The maximum atomic E-state index is 11.6. The fourth-order valence-corrected chi connectivity index (χ4v) is 2.13. The van der Waals surface area contributed by atoms with E-state index in [2.05, 4.69) is 0 Å². The fourth-order valence-electron chi connectivity index (χ4n) is 1.53. The van der Waals surface area contributed by atoms with Crippen molar-refractivity contribution < 1.29 is 13.2 Å². The maximum absolute atomic E-state index is 11.6. The zero-order valence-corrected chi connectivity index (χ0v) is 10.7. The highest BCUT2D eigenvalue weighted by atomic mass is 32.2. The molecule has 2 N–H and O–H groups in total. The van der Waals surface area contributed by atoms with E-state index >= 15 is 0 Å². The predicted octanol–water partition coefficient (Wildman–Crippen LogP) is 0.692. The molecule has 0 fully saturated rings. The molecule has 0 aliphatic heterocycles. The second-order valence-corrected chi connectivity index (χ2v) is 6.33. The third-order valence-electron chi connectivity index (χ3n) is 2.48. The number of hydrogen-bond acceptors (Lipinski definition) is 4. The molecule has 0 heterocycles. The third kappa shape index (κ3) is 5.10. The second-order valence-electron chi connectivity index (χ2n) is 4.07. The number of nitrogens with two attached hydrogens (primary N) is 1. The quantitative estimate of drug-likeness (QED) is 0.811. The number of Topliss-reactive ketones (excluding diaryl/α,β-unsaturated/α-hetero) is 1. The minimum absolute atomic E-state index is 0.0672. The van der Waals surface area contributed by atoms with Gasteiger partial charge in [-0.1, -0.05) is 24.3 Å². The molecule has 0 aliphatic rings. The van der Waals surface area contributed by atoms with Gasteiger partial charge in [-0.2, -0.15) is 0 Å². The van der Waals surface area contributed by atoms with E-state index in [9.17, 15) is 13.2 Å². The summed E-state index contributed by atoms with van der Waals surface area (Å²) in [6.07, 6.45) is 1.45. The zero-order valence-electron chi connectivity index (χ0n) is 9.85. The van der Waals surface area contributed by atoms with Gasteiger partial charge in [-0.3, -0.25) is 4.79 Å². The number of carbonyl (C=O) groups excluding carboxylic acids is 1. The van der Waals surface area contributed by atoms with Crippen molar-refractivity contribution in [3.63, 3.8) is 0 Å². The van der Waals surface area contributed by atoms with Gasteiger partial charge in [-0.05, 0) is 11.1 Å². The monoisotopic (exact) mass is 255 g/mol. The molecule has 0 aliphatic carbocycles. The molecule has 0 amide bonds. The van der Waals surface area contributed by atoms with E-state index in [0.29, 0.717) is 6.54 Å². The normalized spacial score (nSPS) is 11.4. The Morgan fingerprint density at radius 1 is 1.24 bits per heavy atom. The molecule has 5 heteroatoms. The maximum Gasteiger partial charge on any atom is 0.147 e. The summed E-state index contributed by atoms with van der Waals surface area (Å²) in [5, 5.41) is 0. The van der Waals surface area contributed by atoms with E-state index in [4.69, 9.17) is 5.73 Å². The number of rotatable bonds is 6. The van der Waals surface area contributed by atoms with Crippen LogP contribution in [0.3, 0.4) is 0 Å². The highest BCUT2D eigenvalue weighted by Crippen LogP contribution is 2.10. The minimum Gasteiger partial charge on any atom is -0.326 e. The van der Waals surface area contributed by atoms with E-state index in [1.54, 1.807) is 0 Å². The van der Waals surface area contributed by atoms with Gasteiger partial charge in [0.05, 0.1) is 5.75 Å². The Hall–Kier alpha value is -1.20. The van der Waals surface area contributed by atoms with Crippen molar-refractivity contribution in [3.05, 3.63) is 35.4 Å². The lowest BCUT2D eigenvalue weighted by atomic mass is 10.0. The smallest absolute Gasteiger partial charge is 0.147 e. The van der Waals surface area contributed by atoms with Crippen molar-refractivity contribution >= 4 is 15.6 Å².